The highest BCUT2D eigenvalue weighted by atomic mass is 16.6. The van der Waals surface area contributed by atoms with E-state index < -0.39 is 18.7 Å². The van der Waals surface area contributed by atoms with Crippen LogP contribution in [-0.2, 0) is 9.53 Å². The van der Waals surface area contributed by atoms with Gasteiger partial charge in [0, 0.05) is 0 Å². The van der Waals surface area contributed by atoms with Gasteiger partial charge in [0.15, 0.2) is 0 Å². The van der Waals surface area contributed by atoms with Crippen molar-refractivity contribution < 1.29 is 14.6 Å². The van der Waals surface area contributed by atoms with Crippen molar-refractivity contribution in [2.24, 2.45) is 5.73 Å². The summed E-state index contributed by atoms with van der Waals surface area (Å²) in [5, 5.41) is 11.8. The lowest BCUT2D eigenvalue weighted by Gasteiger charge is -2.24. The molecular formula is C9H21BN2O3. The molecule has 0 bridgehead atoms. The lowest BCUT2D eigenvalue weighted by atomic mass is 9.86. The molecule has 1 atom stereocenters. The second-order valence-electron chi connectivity index (χ2n) is 4.51. The first-order chi connectivity index (χ1) is 6.76. The van der Waals surface area contributed by atoms with E-state index in [1.54, 1.807) is 27.6 Å². The molecule has 0 aromatic rings. The Morgan fingerprint density at radius 2 is 2.13 bits per heavy atom. The molecule has 0 rings (SSSR count). The second-order valence-corrected chi connectivity index (χ2v) is 4.51. The zero-order valence-electron chi connectivity index (χ0n) is 9.91. The summed E-state index contributed by atoms with van der Waals surface area (Å²) in [5.74, 6) is -0.381. The van der Waals surface area contributed by atoms with Crippen LogP contribution < -0.4 is 11.0 Å². The summed E-state index contributed by atoms with van der Waals surface area (Å²) in [6, 6.07) is -0.547. The minimum atomic E-state index is -0.755. The van der Waals surface area contributed by atoms with Gasteiger partial charge in [0.25, 0.3) is 0 Å². The molecule has 6 heteroatoms. The molecule has 0 aromatic heterocycles. The predicted octanol–water partition coefficient (Wildman–Crippen LogP) is -0.255. The average molecular weight is 216 g/mol. The molecule has 0 saturated carbocycles. The van der Waals surface area contributed by atoms with Gasteiger partial charge >= 0.3 is 13.0 Å². The standard InChI is InChI=1S/C9H21BN2O3/c1-9(2,3)15-8(13)7(5-6-11)12-10(4)14/h7,12,14H,5-6,11H2,1-4H3/t7-/m0/s1. The molecule has 0 spiro atoms. The second kappa shape index (κ2) is 6.10. The van der Waals surface area contributed by atoms with E-state index in [4.69, 9.17) is 15.5 Å². The predicted molar refractivity (Wildman–Crippen MR) is 60.3 cm³/mol. The van der Waals surface area contributed by atoms with Crippen LogP contribution in [0.5, 0.6) is 0 Å². The van der Waals surface area contributed by atoms with Gasteiger partial charge in [-0.2, -0.15) is 0 Å². The Morgan fingerprint density at radius 1 is 1.60 bits per heavy atom. The maximum absolute atomic E-state index is 11.6. The molecule has 0 amide bonds. The molecule has 0 aliphatic carbocycles. The lowest BCUT2D eigenvalue weighted by molar-refractivity contribution is -0.157. The fourth-order valence-corrected chi connectivity index (χ4v) is 1.10. The maximum Gasteiger partial charge on any atom is 0.374 e. The topological polar surface area (TPSA) is 84.6 Å². The number of hydrogen-bond acceptors (Lipinski definition) is 5. The molecule has 0 unspecified atom stereocenters. The van der Waals surface area contributed by atoms with Crippen LogP contribution in [0.4, 0.5) is 0 Å². The number of ether oxygens (including phenoxy) is 1. The fourth-order valence-electron chi connectivity index (χ4n) is 1.10. The third-order valence-corrected chi connectivity index (χ3v) is 1.59. The SMILES string of the molecule is CB(O)N[C@@H](CCN)C(=O)OC(C)(C)C. The fraction of sp³-hybridized carbons (Fsp3) is 0.889. The average Bonchev–Trinajstić information content (AvgIpc) is 1.99. The third kappa shape index (κ3) is 7.36. The van der Waals surface area contributed by atoms with Crippen LogP contribution in [0.3, 0.4) is 0 Å². The van der Waals surface area contributed by atoms with E-state index in [1.807, 2.05) is 0 Å². The number of rotatable bonds is 5. The van der Waals surface area contributed by atoms with Crippen molar-refractivity contribution in [2.75, 3.05) is 6.54 Å². The van der Waals surface area contributed by atoms with E-state index in [-0.39, 0.29) is 5.97 Å². The monoisotopic (exact) mass is 216 g/mol. The quantitative estimate of drug-likeness (QED) is 0.435. The molecule has 0 aromatic carbocycles. The summed E-state index contributed by atoms with van der Waals surface area (Å²) in [6.07, 6.45) is 0.444. The molecule has 5 nitrogen and oxygen atoms in total. The van der Waals surface area contributed by atoms with Gasteiger partial charge in [-0.25, -0.2) is 0 Å². The first kappa shape index (κ1) is 14.4. The van der Waals surface area contributed by atoms with E-state index in [0.717, 1.165) is 0 Å². The van der Waals surface area contributed by atoms with Crippen LogP contribution >= 0.6 is 0 Å². The highest BCUT2D eigenvalue weighted by Gasteiger charge is 2.25. The highest BCUT2D eigenvalue weighted by molar-refractivity contribution is 6.46. The van der Waals surface area contributed by atoms with Crippen molar-refractivity contribution in [3.05, 3.63) is 0 Å². The molecule has 0 aliphatic heterocycles. The van der Waals surface area contributed by atoms with Crippen molar-refractivity contribution in [2.45, 2.75) is 45.7 Å². The number of hydrogen-bond donors (Lipinski definition) is 3. The Kier molecular flexibility index (Phi) is 5.86. The van der Waals surface area contributed by atoms with Crippen LogP contribution in [0.2, 0.25) is 6.82 Å². The zero-order valence-corrected chi connectivity index (χ0v) is 9.91. The number of carbonyl (C=O) groups is 1. The summed E-state index contributed by atoms with van der Waals surface area (Å²) in [7, 11) is -0.755. The van der Waals surface area contributed by atoms with Gasteiger partial charge in [0.1, 0.15) is 5.60 Å². The summed E-state index contributed by atoms with van der Waals surface area (Å²) >= 11 is 0. The van der Waals surface area contributed by atoms with Gasteiger partial charge < -0.3 is 20.7 Å². The van der Waals surface area contributed by atoms with Gasteiger partial charge in [-0.15, -0.1) is 0 Å². The Labute approximate surface area is 91.5 Å². The van der Waals surface area contributed by atoms with E-state index in [2.05, 4.69) is 5.23 Å². The van der Waals surface area contributed by atoms with Crippen molar-refractivity contribution in [3.8, 4) is 0 Å². The molecule has 0 aliphatic rings. The number of nitrogens with two attached hydrogens (primary N) is 1. The van der Waals surface area contributed by atoms with Crippen molar-refractivity contribution >= 4 is 13.0 Å². The van der Waals surface area contributed by atoms with Crippen molar-refractivity contribution in [1.29, 1.82) is 0 Å². The largest absolute Gasteiger partial charge is 0.459 e. The van der Waals surface area contributed by atoms with E-state index in [9.17, 15) is 4.79 Å². The molecule has 0 fully saturated rings. The van der Waals surface area contributed by atoms with Gasteiger partial charge in [0.2, 0.25) is 0 Å². The van der Waals surface area contributed by atoms with Gasteiger partial charge in [-0.3, -0.25) is 4.79 Å². The first-order valence-electron chi connectivity index (χ1n) is 5.13. The highest BCUT2D eigenvalue weighted by Crippen LogP contribution is 2.09. The van der Waals surface area contributed by atoms with Crippen LogP contribution in [0.15, 0.2) is 0 Å². The smallest absolute Gasteiger partial charge is 0.374 e. The number of carbonyl (C=O) groups excluding carboxylic acids is 1. The maximum atomic E-state index is 11.6. The van der Waals surface area contributed by atoms with Crippen LogP contribution in [0, 0.1) is 0 Å². The molecular weight excluding hydrogens is 195 g/mol. The van der Waals surface area contributed by atoms with E-state index in [1.165, 1.54) is 0 Å². The van der Waals surface area contributed by atoms with Crippen LogP contribution in [0.25, 0.3) is 0 Å². The van der Waals surface area contributed by atoms with Crippen LogP contribution in [-0.4, -0.2) is 36.2 Å². The summed E-state index contributed by atoms with van der Waals surface area (Å²) in [6.45, 7) is 7.31. The molecule has 0 saturated heterocycles. The zero-order chi connectivity index (χ0) is 12.1. The normalized spacial score (nSPS) is 13.5. The van der Waals surface area contributed by atoms with Crippen LogP contribution in [0.1, 0.15) is 27.2 Å². The summed E-state index contributed by atoms with van der Waals surface area (Å²) in [5.41, 5.74) is 4.85. The molecule has 4 N–H and O–H groups in total. The van der Waals surface area contributed by atoms with E-state index >= 15 is 0 Å². The lowest BCUT2D eigenvalue weighted by Crippen LogP contribution is -2.48. The molecule has 88 valence electrons. The summed E-state index contributed by atoms with van der Waals surface area (Å²) in [4.78, 5) is 11.6. The minimum absolute atomic E-state index is 0.365. The molecule has 0 radical (unpaired) electrons. The Morgan fingerprint density at radius 3 is 2.47 bits per heavy atom. The Balaban J connectivity index is 4.28. The first-order valence-corrected chi connectivity index (χ1v) is 5.13. The van der Waals surface area contributed by atoms with E-state index in [0.29, 0.717) is 13.0 Å². The summed E-state index contributed by atoms with van der Waals surface area (Å²) < 4.78 is 5.19. The Hall–Kier alpha value is -0.585. The Bertz CT molecular complexity index is 204. The number of nitrogens with one attached hydrogen (secondary N) is 1. The van der Waals surface area contributed by atoms with Gasteiger partial charge in [-0.1, -0.05) is 0 Å². The van der Waals surface area contributed by atoms with Crippen molar-refractivity contribution in [1.82, 2.24) is 5.23 Å². The third-order valence-electron chi connectivity index (χ3n) is 1.59. The van der Waals surface area contributed by atoms with Gasteiger partial charge in [-0.05, 0) is 40.6 Å². The van der Waals surface area contributed by atoms with Crippen molar-refractivity contribution in [3.63, 3.8) is 0 Å². The minimum Gasteiger partial charge on any atom is -0.459 e. The van der Waals surface area contributed by atoms with Gasteiger partial charge in [0.05, 0.1) is 6.04 Å². The molecule has 15 heavy (non-hydrogen) atoms. The number of esters is 1. The molecule has 0 heterocycles.